The van der Waals surface area contributed by atoms with Gasteiger partial charge >= 0.3 is 5.97 Å². The molecule has 0 amide bonds. The van der Waals surface area contributed by atoms with Crippen LogP contribution in [-0.4, -0.2) is 33.5 Å². The Morgan fingerprint density at radius 1 is 1.44 bits per heavy atom. The van der Waals surface area contributed by atoms with Crippen LogP contribution < -0.4 is 0 Å². The molecule has 1 rings (SSSR count). The van der Waals surface area contributed by atoms with Crippen molar-refractivity contribution in [2.24, 2.45) is 0 Å². The number of rotatable bonds is 4. The Morgan fingerprint density at radius 3 is 2.67 bits per heavy atom. The molecule has 7 heteroatoms. The zero-order valence-corrected chi connectivity index (χ0v) is 13.1. The number of esters is 1. The Kier molecular flexibility index (Phi) is 5.75. The Labute approximate surface area is 120 Å². The van der Waals surface area contributed by atoms with E-state index in [1.54, 1.807) is 6.07 Å². The average molecular weight is 307 g/mol. The molecule has 0 spiro atoms. The molecule has 0 saturated carbocycles. The molecule has 100 valence electrons. The van der Waals surface area contributed by atoms with Crippen molar-refractivity contribution in [1.82, 2.24) is 9.97 Å². The first-order valence-corrected chi connectivity index (χ1v) is 7.82. The van der Waals surface area contributed by atoms with Gasteiger partial charge in [-0.2, -0.15) is 0 Å². The number of ether oxygens (including phenoxy) is 1. The van der Waals surface area contributed by atoms with E-state index in [4.69, 9.17) is 16.3 Å². The number of aromatic nitrogens is 2. The minimum absolute atomic E-state index is 0.207. The second-order valence-corrected chi connectivity index (χ2v) is 6.55. The van der Waals surface area contributed by atoms with Gasteiger partial charge in [0.1, 0.15) is 15.8 Å². The van der Waals surface area contributed by atoms with E-state index in [2.05, 4.69) is 9.97 Å². The van der Waals surface area contributed by atoms with Crippen molar-refractivity contribution in [3.05, 3.63) is 11.2 Å². The average Bonchev–Trinajstić information content (AvgIpc) is 2.23. The highest BCUT2D eigenvalue weighted by Gasteiger charge is 2.16. The molecule has 0 unspecified atom stereocenters. The van der Waals surface area contributed by atoms with E-state index in [0.29, 0.717) is 15.3 Å². The summed E-state index contributed by atoms with van der Waals surface area (Å²) in [6, 6.07) is 1.64. The summed E-state index contributed by atoms with van der Waals surface area (Å²) in [4.78, 5) is 19.8. The maximum atomic E-state index is 11.5. The smallest absolute Gasteiger partial charge is 0.316 e. The van der Waals surface area contributed by atoms with E-state index in [9.17, 15) is 4.79 Å². The van der Waals surface area contributed by atoms with Gasteiger partial charge in [-0.15, -0.1) is 0 Å². The van der Waals surface area contributed by atoms with E-state index in [1.807, 2.05) is 27.0 Å². The first kappa shape index (κ1) is 15.6. The highest BCUT2D eigenvalue weighted by Crippen LogP contribution is 2.22. The van der Waals surface area contributed by atoms with Crippen molar-refractivity contribution in [2.75, 3.05) is 12.0 Å². The van der Waals surface area contributed by atoms with Gasteiger partial charge in [-0.05, 0) is 27.0 Å². The van der Waals surface area contributed by atoms with Crippen LogP contribution in [0.2, 0.25) is 5.15 Å². The summed E-state index contributed by atoms with van der Waals surface area (Å²) in [6.07, 6.45) is 1.87. The molecule has 1 aromatic heterocycles. The molecule has 0 fully saturated rings. The second kappa shape index (κ2) is 6.63. The fraction of sp³-hybridized carbons (Fsp3) is 0.545. The van der Waals surface area contributed by atoms with Gasteiger partial charge in [0.25, 0.3) is 0 Å². The summed E-state index contributed by atoms with van der Waals surface area (Å²) in [6.45, 7) is 5.51. The Hall–Kier alpha value is -0.460. The van der Waals surface area contributed by atoms with Crippen LogP contribution >= 0.6 is 35.1 Å². The molecule has 1 heterocycles. The van der Waals surface area contributed by atoms with E-state index in [0.717, 1.165) is 0 Å². The van der Waals surface area contributed by atoms with Crippen molar-refractivity contribution in [3.63, 3.8) is 0 Å². The van der Waals surface area contributed by atoms with E-state index in [-0.39, 0.29) is 11.7 Å². The van der Waals surface area contributed by atoms with Crippen molar-refractivity contribution in [1.29, 1.82) is 0 Å². The molecule has 0 aliphatic heterocycles. The molecule has 0 saturated heterocycles. The normalized spacial score (nSPS) is 11.4. The van der Waals surface area contributed by atoms with Gasteiger partial charge < -0.3 is 4.74 Å². The molecule has 0 bridgehead atoms. The minimum Gasteiger partial charge on any atom is -0.459 e. The summed E-state index contributed by atoms with van der Waals surface area (Å²) in [5.74, 6) is -0.0637. The molecule has 0 radical (unpaired) electrons. The molecule has 18 heavy (non-hydrogen) atoms. The largest absolute Gasteiger partial charge is 0.459 e. The third-order valence-electron chi connectivity index (χ3n) is 1.59. The highest BCUT2D eigenvalue weighted by molar-refractivity contribution is 8.00. The first-order valence-electron chi connectivity index (χ1n) is 5.23. The topological polar surface area (TPSA) is 52.1 Å². The van der Waals surface area contributed by atoms with Gasteiger partial charge in [-0.1, -0.05) is 35.1 Å². The number of hydrogen-bond acceptors (Lipinski definition) is 6. The van der Waals surface area contributed by atoms with Crippen LogP contribution in [0, 0.1) is 0 Å². The third-order valence-corrected chi connectivity index (χ3v) is 3.22. The van der Waals surface area contributed by atoms with Crippen molar-refractivity contribution in [3.8, 4) is 0 Å². The zero-order chi connectivity index (χ0) is 13.8. The Bertz CT molecular complexity index is 436. The van der Waals surface area contributed by atoms with Crippen LogP contribution in [0.15, 0.2) is 16.2 Å². The summed E-state index contributed by atoms with van der Waals surface area (Å²) in [7, 11) is 0. The molecular weight excluding hydrogens is 292 g/mol. The third kappa shape index (κ3) is 5.93. The van der Waals surface area contributed by atoms with Gasteiger partial charge in [0.15, 0.2) is 5.16 Å². The van der Waals surface area contributed by atoms with Crippen LogP contribution in [-0.2, 0) is 9.53 Å². The zero-order valence-electron chi connectivity index (χ0n) is 10.7. The van der Waals surface area contributed by atoms with Gasteiger partial charge in [0.05, 0.1) is 5.75 Å². The van der Waals surface area contributed by atoms with Gasteiger partial charge in [0, 0.05) is 6.07 Å². The van der Waals surface area contributed by atoms with Crippen molar-refractivity contribution in [2.45, 2.75) is 36.6 Å². The van der Waals surface area contributed by atoms with Crippen LogP contribution in [0.5, 0.6) is 0 Å². The number of hydrogen-bond donors (Lipinski definition) is 0. The predicted molar refractivity (Wildman–Crippen MR) is 75.4 cm³/mol. The standard InChI is InChI=1S/C11H15ClN2O2S2/c1-11(2,3)16-9(15)6-18-8-5-7(12)13-10(14-8)17-4/h5H,6H2,1-4H3. The molecule has 0 aliphatic carbocycles. The van der Waals surface area contributed by atoms with E-state index >= 15 is 0 Å². The molecule has 4 nitrogen and oxygen atoms in total. The number of nitrogens with zero attached hydrogens (tertiary/aromatic N) is 2. The fourth-order valence-corrected chi connectivity index (χ4v) is 2.45. The van der Waals surface area contributed by atoms with Crippen LogP contribution in [0.3, 0.4) is 0 Å². The number of thioether (sulfide) groups is 2. The molecule has 0 atom stereocenters. The Morgan fingerprint density at radius 2 is 2.11 bits per heavy atom. The molecule has 1 aromatic rings. The first-order chi connectivity index (χ1) is 8.30. The number of carbonyl (C=O) groups is 1. The summed E-state index contributed by atoms with van der Waals surface area (Å²) >= 11 is 8.55. The summed E-state index contributed by atoms with van der Waals surface area (Å²) in [5, 5.41) is 1.64. The van der Waals surface area contributed by atoms with Crippen molar-refractivity contribution < 1.29 is 9.53 Å². The molecule has 0 aromatic carbocycles. The maximum absolute atomic E-state index is 11.5. The van der Waals surface area contributed by atoms with Crippen LogP contribution in [0.4, 0.5) is 0 Å². The highest BCUT2D eigenvalue weighted by atomic mass is 35.5. The second-order valence-electron chi connectivity index (χ2n) is 4.39. The Balaban J connectivity index is 2.58. The van der Waals surface area contributed by atoms with E-state index in [1.165, 1.54) is 23.5 Å². The molecule has 0 aliphatic rings. The quantitative estimate of drug-likeness (QED) is 0.368. The summed E-state index contributed by atoms with van der Waals surface area (Å²) in [5.41, 5.74) is -0.467. The number of halogens is 1. The fourth-order valence-electron chi connectivity index (χ4n) is 1.05. The van der Waals surface area contributed by atoms with Crippen LogP contribution in [0.25, 0.3) is 0 Å². The molecular formula is C11H15ClN2O2S2. The lowest BCUT2D eigenvalue weighted by Crippen LogP contribution is -2.24. The number of carbonyl (C=O) groups excluding carboxylic acids is 1. The summed E-state index contributed by atoms with van der Waals surface area (Å²) < 4.78 is 5.20. The lowest BCUT2D eigenvalue weighted by Gasteiger charge is -2.19. The lowest BCUT2D eigenvalue weighted by atomic mass is 10.2. The lowest BCUT2D eigenvalue weighted by molar-refractivity contribution is -0.151. The predicted octanol–water partition coefficient (Wildman–Crippen LogP) is 3.29. The SMILES string of the molecule is CSc1nc(Cl)cc(SCC(=O)OC(C)(C)C)n1. The minimum atomic E-state index is -0.467. The maximum Gasteiger partial charge on any atom is 0.316 e. The van der Waals surface area contributed by atoms with Crippen LogP contribution in [0.1, 0.15) is 20.8 Å². The van der Waals surface area contributed by atoms with E-state index < -0.39 is 5.60 Å². The molecule has 0 N–H and O–H groups in total. The van der Waals surface area contributed by atoms with Gasteiger partial charge in [-0.3, -0.25) is 4.79 Å². The monoisotopic (exact) mass is 306 g/mol. The van der Waals surface area contributed by atoms with Gasteiger partial charge in [0.2, 0.25) is 0 Å². The van der Waals surface area contributed by atoms with Crippen molar-refractivity contribution >= 4 is 41.1 Å². The van der Waals surface area contributed by atoms with Gasteiger partial charge in [-0.25, -0.2) is 9.97 Å².